The van der Waals surface area contributed by atoms with Crippen LogP contribution in [0.3, 0.4) is 0 Å². The van der Waals surface area contributed by atoms with Gasteiger partial charge < -0.3 is 9.84 Å². The van der Waals surface area contributed by atoms with Gasteiger partial charge in [-0.15, -0.1) is 0 Å². The zero-order valence-electron chi connectivity index (χ0n) is 18.0. The average molecular weight is 441 g/mol. The van der Waals surface area contributed by atoms with Gasteiger partial charge in [0.05, 0.1) is 18.6 Å². The minimum absolute atomic E-state index is 0.194. The van der Waals surface area contributed by atoms with Crippen molar-refractivity contribution in [1.29, 1.82) is 0 Å². The van der Waals surface area contributed by atoms with E-state index in [2.05, 4.69) is 0 Å². The summed E-state index contributed by atoms with van der Waals surface area (Å²) in [6.45, 7) is 0.592. The fourth-order valence-electron chi connectivity index (χ4n) is 7.27. The fraction of sp³-hybridized carbons (Fsp3) is 0.640. The van der Waals surface area contributed by atoms with Gasteiger partial charge in [-0.1, -0.05) is 0 Å². The van der Waals surface area contributed by atoms with Gasteiger partial charge in [-0.25, -0.2) is 9.18 Å². The van der Waals surface area contributed by atoms with Gasteiger partial charge in [0, 0.05) is 11.5 Å². The molecule has 1 atom stereocenters. The molecule has 1 N–H and O–H groups in total. The van der Waals surface area contributed by atoms with Crippen LogP contribution in [0.1, 0.15) is 79.6 Å². The standard InChI is InChI=1S/C25H28FNO5/c26-19-7-21(32-12-25-9-13-3-14(10-25)5-15(4-13)11-25)17(16-1-2-16)6-18(19)23(29)27-20(24(30)31)8-22(27)28/h6-7,13-16,20H,1-5,8-12H2,(H,30,31). The molecular weight excluding hydrogens is 413 g/mol. The van der Waals surface area contributed by atoms with Crippen LogP contribution < -0.4 is 4.74 Å². The number of rotatable bonds is 6. The number of carboxylic acid groups (broad SMARTS) is 1. The van der Waals surface area contributed by atoms with Gasteiger partial charge in [-0.2, -0.15) is 0 Å². The molecule has 32 heavy (non-hydrogen) atoms. The second kappa shape index (κ2) is 7.03. The summed E-state index contributed by atoms with van der Waals surface area (Å²) < 4.78 is 21.3. The minimum Gasteiger partial charge on any atom is -0.493 e. The third-order valence-corrected chi connectivity index (χ3v) is 8.50. The Morgan fingerprint density at radius 3 is 2.25 bits per heavy atom. The number of halogens is 1. The van der Waals surface area contributed by atoms with Crippen molar-refractivity contribution in [2.24, 2.45) is 23.2 Å². The van der Waals surface area contributed by atoms with E-state index in [1.54, 1.807) is 0 Å². The van der Waals surface area contributed by atoms with Crippen LogP contribution in [-0.2, 0) is 9.59 Å². The highest BCUT2D eigenvalue weighted by Crippen LogP contribution is 2.60. The molecule has 1 aromatic carbocycles. The number of amides is 2. The lowest BCUT2D eigenvalue weighted by atomic mass is 9.50. The Morgan fingerprint density at radius 2 is 1.72 bits per heavy atom. The van der Waals surface area contributed by atoms with Gasteiger partial charge in [0.2, 0.25) is 5.91 Å². The largest absolute Gasteiger partial charge is 0.493 e. The van der Waals surface area contributed by atoms with Crippen LogP contribution in [0.4, 0.5) is 4.39 Å². The summed E-state index contributed by atoms with van der Waals surface area (Å²) in [7, 11) is 0. The molecule has 0 radical (unpaired) electrons. The topological polar surface area (TPSA) is 83.9 Å². The number of likely N-dealkylation sites (tertiary alicyclic amines) is 1. The average Bonchev–Trinajstić information content (AvgIpc) is 3.54. The number of carboxylic acids is 1. The molecular formula is C25H28FNO5. The smallest absolute Gasteiger partial charge is 0.327 e. The normalized spacial score (nSPS) is 35.0. The lowest BCUT2D eigenvalue weighted by Gasteiger charge is -2.56. The number of nitrogens with zero attached hydrogens (tertiary/aromatic N) is 1. The van der Waals surface area contributed by atoms with E-state index in [4.69, 9.17) is 4.74 Å². The first-order valence-electron chi connectivity index (χ1n) is 11.9. The van der Waals surface area contributed by atoms with Crippen LogP contribution in [0, 0.1) is 29.0 Å². The fourth-order valence-corrected chi connectivity index (χ4v) is 7.27. The van der Waals surface area contributed by atoms with E-state index >= 15 is 4.39 Å². The van der Waals surface area contributed by atoms with E-state index in [9.17, 15) is 19.5 Å². The van der Waals surface area contributed by atoms with E-state index in [0.29, 0.717) is 17.3 Å². The number of hydrogen-bond acceptors (Lipinski definition) is 4. The third-order valence-electron chi connectivity index (χ3n) is 8.50. The molecule has 0 aromatic heterocycles. The second-order valence-electron chi connectivity index (χ2n) is 11.0. The molecule has 0 spiro atoms. The van der Waals surface area contributed by atoms with E-state index in [1.165, 1.54) is 50.7 Å². The van der Waals surface area contributed by atoms with Crippen molar-refractivity contribution in [3.8, 4) is 5.75 Å². The Kier molecular flexibility index (Phi) is 4.43. The molecule has 1 aromatic rings. The van der Waals surface area contributed by atoms with Crippen LogP contribution in [0.2, 0.25) is 0 Å². The number of β-lactam (4-membered cyclic amide) rings is 1. The first-order chi connectivity index (χ1) is 15.3. The third kappa shape index (κ3) is 3.23. The van der Waals surface area contributed by atoms with Crippen molar-refractivity contribution in [1.82, 2.24) is 4.90 Å². The van der Waals surface area contributed by atoms with Gasteiger partial charge in [-0.05, 0) is 86.7 Å². The van der Waals surface area contributed by atoms with Crippen LogP contribution >= 0.6 is 0 Å². The number of hydrogen-bond donors (Lipinski definition) is 1. The number of carbonyl (C=O) groups excluding carboxylic acids is 2. The molecule has 6 aliphatic rings. The minimum atomic E-state index is -1.25. The van der Waals surface area contributed by atoms with Crippen molar-refractivity contribution in [2.75, 3.05) is 6.61 Å². The summed E-state index contributed by atoms with van der Waals surface area (Å²) in [6.07, 6.45) is 9.32. The maximum atomic E-state index is 15.0. The first-order valence-corrected chi connectivity index (χ1v) is 11.9. The number of aliphatic carboxylic acids is 1. The zero-order valence-corrected chi connectivity index (χ0v) is 18.0. The summed E-state index contributed by atoms with van der Waals surface area (Å²) >= 11 is 0. The SMILES string of the molecule is O=C(O)C1CC(=O)N1C(=O)c1cc(C2CC2)c(OCC23CC4CC(CC(C4)C2)C3)cc1F. The van der Waals surface area contributed by atoms with Gasteiger partial charge >= 0.3 is 5.97 Å². The van der Waals surface area contributed by atoms with Crippen LogP contribution in [0.15, 0.2) is 12.1 Å². The Bertz CT molecular complexity index is 981. The maximum Gasteiger partial charge on any atom is 0.327 e. The molecule has 7 rings (SSSR count). The quantitative estimate of drug-likeness (QED) is 0.530. The van der Waals surface area contributed by atoms with Crippen molar-refractivity contribution in [3.05, 3.63) is 29.1 Å². The molecule has 2 amide bonds. The number of imide groups is 1. The van der Waals surface area contributed by atoms with E-state index in [1.807, 2.05) is 0 Å². The highest BCUT2D eigenvalue weighted by Gasteiger charge is 2.51. The van der Waals surface area contributed by atoms with Gasteiger partial charge in [0.15, 0.2) is 0 Å². The molecule has 6 fully saturated rings. The summed E-state index contributed by atoms with van der Waals surface area (Å²) in [5.74, 6) is -0.335. The van der Waals surface area contributed by atoms with E-state index in [-0.39, 0.29) is 23.3 Å². The summed E-state index contributed by atoms with van der Waals surface area (Å²) in [5, 5.41) is 9.21. The molecule has 1 aliphatic heterocycles. The van der Waals surface area contributed by atoms with Crippen molar-refractivity contribution in [2.45, 2.75) is 69.7 Å². The molecule has 5 saturated carbocycles. The van der Waals surface area contributed by atoms with Crippen molar-refractivity contribution < 1.29 is 28.6 Å². The monoisotopic (exact) mass is 441 g/mol. The van der Waals surface area contributed by atoms with Gasteiger partial charge in [-0.3, -0.25) is 14.5 Å². The lowest BCUT2D eigenvalue weighted by molar-refractivity contribution is -0.158. The maximum absolute atomic E-state index is 15.0. The Balaban J connectivity index is 1.25. The summed E-state index contributed by atoms with van der Waals surface area (Å²) in [4.78, 5) is 36.6. The Labute approximate surface area is 186 Å². The Morgan fingerprint density at radius 1 is 1.09 bits per heavy atom. The van der Waals surface area contributed by atoms with Gasteiger partial charge in [0.1, 0.15) is 17.6 Å². The molecule has 1 unspecified atom stereocenters. The summed E-state index contributed by atoms with van der Waals surface area (Å²) in [5.41, 5.74) is 0.756. The number of benzene rings is 1. The van der Waals surface area contributed by atoms with Crippen LogP contribution in [0.25, 0.3) is 0 Å². The highest BCUT2D eigenvalue weighted by molar-refractivity contribution is 6.12. The predicted octanol–water partition coefficient (Wildman–Crippen LogP) is 4.12. The number of carbonyl (C=O) groups is 3. The van der Waals surface area contributed by atoms with E-state index in [0.717, 1.165) is 36.2 Å². The summed E-state index contributed by atoms with van der Waals surface area (Å²) in [6, 6.07) is 1.56. The molecule has 7 heteroatoms. The lowest BCUT2D eigenvalue weighted by Crippen LogP contribution is -2.59. The Hall–Kier alpha value is -2.44. The molecule has 1 heterocycles. The van der Waals surface area contributed by atoms with E-state index < -0.39 is 29.6 Å². The molecule has 170 valence electrons. The zero-order chi connectivity index (χ0) is 22.2. The van der Waals surface area contributed by atoms with Crippen LogP contribution in [0.5, 0.6) is 5.75 Å². The number of ether oxygens (including phenoxy) is 1. The molecule has 5 aliphatic carbocycles. The molecule has 6 nitrogen and oxygen atoms in total. The second-order valence-corrected chi connectivity index (χ2v) is 11.0. The van der Waals surface area contributed by atoms with Crippen molar-refractivity contribution >= 4 is 17.8 Å². The van der Waals surface area contributed by atoms with Crippen LogP contribution in [-0.4, -0.2) is 40.4 Å². The molecule has 4 bridgehead atoms. The van der Waals surface area contributed by atoms with Crippen molar-refractivity contribution in [3.63, 3.8) is 0 Å². The molecule has 1 saturated heterocycles. The highest BCUT2D eigenvalue weighted by atomic mass is 19.1. The predicted molar refractivity (Wildman–Crippen MR) is 112 cm³/mol. The first kappa shape index (κ1) is 20.2. The van der Waals surface area contributed by atoms with Gasteiger partial charge in [0.25, 0.3) is 5.91 Å².